The minimum atomic E-state index is -1.10. The molecule has 2 aliphatic carbocycles. The number of aromatic nitrogens is 4. The third-order valence-corrected chi connectivity index (χ3v) is 11.7. The fourth-order valence-electron chi connectivity index (χ4n) is 5.26. The highest BCUT2D eigenvalue weighted by atomic mass is 28.3. The molecule has 2 saturated carbocycles. The smallest absolute Gasteiger partial charge is 0.270 e. The third kappa shape index (κ3) is 8.87. The molecule has 0 spiro atoms. The number of nitro benzene ring substituents is 2. The van der Waals surface area contributed by atoms with Crippen LogP contribution in [0.4, 0.5) is 11.4 Å². The van der Waals surface area contributed by atoms with Gasteiger partial charge in [0.1, 0.15) is 13.5 Å². The predicted octanol–water partition coefficient (Wildman–Crippen LogP) is 8.27. The van der Waals surface area contributed by atoms with Crippen molar-refractivity contribution in [2.75, 3.05) is 13.2 Å². The van der Waals surface area contributed by atoms with Crippen LogP contribution in [0.2, 0.25) is 51.4 Å². The molecule has 0 unspecified atom stereocenters. The van der Waals surface area contributed by atoms with Gasteiger partial charge in [-0.05, 0) is 49.9 Å². The second kappa shape index (κ2) is 13.7. The minimum Gasteiger partial charge on any atom is -0.360 e. The summed E-state index contributed by atoms with van der Waals surface area (Å²) in [7, 11) is -2.20. The van der Waals surface area contributed by atoms with E-state index in [2.05, 4.69) is 49.5 Å². The SMILES string of the molecule is C[Si](C)(C)CCOCn1nc(C2CC2)c2cc([N+](=O)[O-])ccc21.C[Si](C)(C)CCOCn1nc2ccc([N+](=O)[O-])cc2c1C1CC1. The summed E-state index contributed by atoms with van der Waals surface area (Å²) >= 11 is 0. The van der Waals surface area contributed by atoms with Crippen LogP contribution in [0.3, 0.4) is 0 Å². The van der Waals surface area contributed by atoms with E-state index in [0.29, 0.717) is 25.3 Å². The minimum absolute atomic E-state index is 0.124. The Morgan fingerprint density at radius 2 is 1.26 bits per heavy atom. The molecule has 0 N–H and O–H groups in total. The first-order valence-corrected chi connectivity index (χ1v) is 23.6. The van der Waals surface area contributed by atoms with Crippen LogP contribution in [0.15, 0.2) is 36.4 Å². The number of hydrogen-bond donors (Lipinski definition) is 0. The molecule has 6 rings (SSSR count). The Balaban J connectivity index is 0.000000181. The lowest BCUT2D eigenvalue weighted by molar-refractivity contribution is -0.384. The van der Waals surface area contributed by atoms with E-state index in [1.54, 1.807) is 30.3 Å². The molecule has 2 aromatic heterocycles. The Labute approximate surface area is 271 Å². The third-order valence-electron chi connectivity index (χ3n) is 8.29. The van der Waals surface area contributed by atoms with E-state index < -0.39 is 16.1 Å². The summed E-state index contributed by atoms with van der Waals surface area (Å²) in [6.07, 6.45) is 4.48. The molecule has 46 heavy (non-hydrogen) atoms. The van der Waals surface area contributed by atoms with Crippen molar-refractivity contribution in [2.24, 2.45) is 0 Å². The van der Waals surface area contributed by atoms with Gasteiger partial charge in [0.05, 0.1) is 32.3 Å². The number of fused-ring (bicyclic) bond motifs is 2. The summed E-state index contributed by atoms with van der Waals surface area (Å²) < 4.78 is 15.4. The molecule has 2 heterocycles. The van der Waals surface area contributed by atoms with Gasteiger partial charge in [-0.3, -0.25) is 20.2 Å². The average Bonchev–Trinajstić information content (AvgIpc) is 3.92. The van der Waals surface area contributed by atoms with Crippen LogP contribution in [0.5, 0.6) is 0 Å². The predicted molar refractivity (Wildman–Crippen MR) is 185 cm³/mol. The highest BCUT2D eigenvalue weighted by molar-refractivity contribution is 6.76. The van der Waals surface area contributed by atoms with Gasteiger partial charge >= 0.3 is 0 Å². The molecule has 2 fully saturated rings. The van der Waals surface area contributed by atoms with E-state index in [9.17, 15) is 20.2 Å². The molecular weight excluding hydrogens is 621 g/mol. The first-order chi connectivity index (χ1) is 21.7. The maximum absolute atomic E-state index is 11.0. The van der Waals surface area contributed by atoms with Crippen LogP contribution in [0, 0.1) is 20.2 Å². The van der Waals surface area contributed by atoms with Crippen molar-refractivity contribution in [2.45, 2.75) is 102 Å². The van der Waals surface area contributed by atoms with Crippen LogP contribution >= 0.6 is 0 Å². The Morgan fingerprint density at radius 3 is 1.78 bits per heavy atom. The summed E-state index contributed by atoms with van der Waals surface area (Å²) in [5.41, 5.74) is 4.06. The van der Waals surface area contributed by atoms with E-state index in [-0.39, 0.29) is 21.2 Å². The van der Waals surface area contributed by atoms with Gasteiger partial charge in [-0.2, -0.15) is 10.2 Å². The van der Waals surface area contributed by atoms with Gasteiger partial charge in [0.15, 0.2) is 0 Å². The zero-order chi connectivity index (χ0) is 33.2. The number of ether oxygens (including phenoxy) is 2. The van der Waals surface area contributed by atoms with Crippen molar-refractivity contribution in [1.29, 1.82) is 0 Å². The molecule has 0 bridgehead atoms. The second-order valence-corrected chi connectivity index (χ2v) is 26.2. The van der Waals surface area contributed by atoms with Gasteiger partial charge in [0.2, 0.25) is 0 Å². The van der Waals surface area contributed by atoms with E-state index in [0.717, 1.165) is 84.2 Å². The average molecular weight is 667 g/mol. The standard InChI is InChI=1S/2C16H23N3O3Si/c1-23(2,3)9-8-22-11-18-15-7-6-13(19(20)21)10-14(15)16(17-18)12-4-5-12;1-23(2,3)9-8-22-11-18-16(12-4-5-12)14-10-13(19(20)21)6-7-15(14)17-18/h2*6-7,10,12H,4-5,8-9,11H2,1-3H3. The van der Waals surface area contributed by atoms with Crippen LogP contribution in [0.25, 0.3) is 21.8 Å². The van der Waals surface area contributed by atoms with E-state index in [1.165, 1.54) is 6.07 Å². The lowest BCUT2D eigenvalue weighted by atomic mass is 10.1. The Morgan fingerprint density at radius 1 is 0.739 bits per heavy atom. The second-order valence-electron chi connectivity index (χ2n) is 14.9. The van der Waals surface area contributed by atoms with E-state index >= 15 is 0 Å². The largest absolute Gasteiger partial charge is 0.360 e. The highest BCUT2D eigenvalue weighted by Gasteiger charge is 2.31. The van der Waals surface area contributed by atoms with Gasteiger partial charge in [-0.1, -0.05) is 39.3 Å². The number of hydrogen-bond acceptors (Lipinski definition) is 8. The number of nitro groups is 2. The van der Waals surface area contributed by atoms with Crippen LogP contribution in [0.1, 0.15) is 48.9 Å². The molecule has 0 atom stereocenters. The first kappa shape index (κ1) is 33.9. The van der Waals surface area contributed by atoms with E-state index in [1.807, 2.05) is 9.36 Å². The maximum Gasteiger partial charge on any atom is 0.270 e. The summed E-state index contributed by atoms with van der Waals surface area (Å²) in [6.45, 7) is 16.3. The van der Waals surface area contributed by atoms with Crippen LogP contribution in [-0.4, -0.2) is 58.8 Å². The monoisotopic (exact) mass is 666 g/mol. The zero-order valence-corrected chi connectivity index (χ0v) is 29.8. The quantitative estimate of drug-likeness (QED) is 0.0567. The fourth-order valence-corrected chi connectivity index (χ4v) is 6.77. The fraction of sp³-hybridized carbons (Fsp3) is 0.562. The molecular formula is C32H46N6O6Si2. The number of benzene rings is 2. The highest BCUT2D eigenvalue weighted by Crippen LogP contribution is 2.44. The van der Waals surface area contributed by atoms with Crippen molar-refractivity contribution in [3.8, 4) is 0 Å². The molecule has 14 heteroatoms. The van der Waals surface area contributed by atoms with E-state index in [4.69, 9.17) is 9.47 Å². The molecule has 0 aliphatic heterocycles. The summed E-state index contributed by atoms with van der Waals surface area (Å²) in [6, 6.07) is 12.1. The number of rotatable bonds is 14. The first-order valence-electron chi connectivity index (χ1n) is 16.2. The molecule has 248 valence electrons. The zero-order valence-electron chi connectivity index (χ0n) is 27.8. The lowest BCUT2D eigenvalue weighted by Gasteiger charge is -2.15. The van der Waals surface area contributed by atoms with Gasteiger partial charge in [-0.15, -0.1) is 0 Å². The van der Waals surface area contributed by atoms with Crippen molar-refractivity contribution in [3.05, 3.63) is 68.0 Å². The topological polar surface area (TPSA) is 140 Å². The molecule has 0 saturated heterocycles. The summed E-state index contributed by atoms with van der Waals surface area (Å²) in [5, 5.41) is 33.1. The molecule has 4 aromatic rings. The summed E-state index contributed by atoms with van der Waals surface area (Å²) in [4.78, 5) is 21.3. The van der Waals surface area contributed by atoms with Gasteiger partial charge in [-0.25, -0.2) is 9.36 Å². The van der Waals surface area contributed by atoms with Gasteiger partial charge < -0.3 is 9.47 Å². The summed E-state index contributed by atoms with van der Waals surface area (Å²) in [5.74, 6) is 0.908. The molecule has 0 amide bonds. The molecule has 0 radical (unpaired) electrons. The number of nitrogens with zero attached hydrogens (tertiary/aromatic N) is 6. The van der Waals surface area contributed by atoms with Crippen molar-refractivity contribution in [3.63, 3.8) is 0 Å². The normalized spacial score (nSPS) is 15.3. The maximum atomic E-state index is 11.0. The van der Waals surface area contributed by atoms with Gasteiger partial charge in [0, 0.05) is 76.2 Å². The van der Waals surface area contributed by atoms with Crippen molar-refractivity contribution >= 4 is 49.3 Å². The molecule has 12 nitrogen and oxygen atoms in total. The van der Waals surface area contributed by atoms with Crippen LogP contribution < -0.4 is 0 Å². The Kier molecular flexibility index (Phi) is 10.1. The molecule has 2 aromatic carbocycles. The number of non-ortho nitro benzene ring substituents is 2. The van der Waals surface area contributed by atoms with Crippen molar-refractivity contribution < 1.29 is 19.3 Å². The Bertz CT molecular complexity index is 1690. The van der Waals surface area contributed by atoms with Gasteiger partial charge in [0.25, 0.3) is 11.4 Å². The molecule has 2 aliphatic rings. The van der Waals surface area contributed by atoms with Crippen LogP contribution in [-0.2, 0) is 22.9 Å². The Hall–Kier alpha value is -3.47. The lowest BCUT2D eigenvalue weighted by Crippen LogP contribution is -2.22. The van der Waals surface area contributed by atoms with Crippen molar-refractivity contribution in [1.82, 2.24) is 19.6 Å².